The zero-order chi connectivity index (χ0) is 27.1. The summed E-state index contributed by atoms with van der Waals surface area (Å²) in [5.41, 5.74) is 0.400. The number of carbonyl (C=O) groups excluding carboxylic acids is 2. The summed E-state index contributed by atoms with van der Waals surface area (Å²) in [7, 11) is 1.57. The zero-order valence-corrected chi connectivity index (χ0v) is 20.8. The van der Waals surface area contributed by atoms with Gasteiger partial charge in [0.1, 0.15) is 17.2 Å². The molecule has 0 aromatic heterocycles. The van der Waals surface area contributed by atoms with Gasteiger partial charge in [-0.05, 0) is 41.5 Å². The lowest BCUT2D eigenvalue weighted by molar-refractivity contribution is -0.384. The summed E-state index contributed by atoms with van der Waals surface area (Å²) in [6.07, 6.45) is -1.22. The van der Waals surface area contributed by atoms with Crippen LogP contribution in [-0.4, -0.2) is 30.0 Å². The van der Waals surface area contributed by atoms with Crippen molar-refractivity contribution < 1.29 is 24.1 Å². The number of non-ortho nitro benzene ring substituents is 1. The van der Waals surface area contributed by atoms with Gasteiger partial charge in [0.25, 0.3) is 11.6 Å². The highest BCUT2D eigenvalue weighted by molar-refractivity contribution is 6.28. The van der Waals surface area contributed by atoms with Gasteiger partial charge in [-0.1, -0.05) is 66.7 Å². The summed E-state index contributed by atoms with van der Waals surface area (Å²) < 4.78 is 5.35. The second-order valence-corrected chi connectivity index (χ2v) is 9.31. The van der Waals surface area contributed by atoms with Crippen molar-refractivity contribution in [2.24, 2.45) is 0 Å². The lowest BCUT2D eigenvalue weighted by Crippen LogP contribution is -2.46. The number of nitrogens with zero attached hydrogens (tertiary/aromatic N) is 3. The summed E-state index contributed by atoms with van der Waals surface area (Å²) >= 11 is 0. The topological polar surface area (TPSA) is 102 Å². The fourth-order valence-corrected chi connectivity index (χ4v) is 5.56. The largest absolute Gasteiger partial charge is 0.497 e. The Kier molecular flexibility index (Phi) is 5.85. The summed E-state index contributed by atoms with van der Waals surface area (Å²) in [5, 5.41) is 13.1. The van der Waals surface area contributed by atoms with E-state index in [4.69, 9.17) is 9.57 Å². The first-order valence-corrected chi connectivity index (χ1v) is 12.3. The number of benzene rings is 4. The smallest absolute Gasteiger partial charge is 0.271 e. The number of methoxy groups -OCH3 is 1. The van der Waals surface area contributed by atoms with Crippen molar-refractivity contribution in [1.82, 2.24) is 0 Å². The maximum Gasteiger partial charge on any atom is 0.271 e. The number of imide groups is 1. The van der Waals surface area contributed by atoms with E-state index in [1.807, 2.05) is 72.8 Å². The molecule has 0 aliphatic carbocycles. The second-order valence-electron chi connectivity index (χ2n) is 9.31. The molecule has 2 heterocycles. The third-order valence-corrected chi connectivity index (χ3v) is 7.29. The Labute approximate surface area is 223 Å². The van der Waals surface area contributed by atoms with E-state index in [2.05, 4.69) is 0 Å². The molecule has 2 amide bonds. The van der Waals surface area contributed by atoms with Crippen LogP contribution < -0.4 is 14.7 Å². The van der Waals surface area contributed by atoms with Crippen molar-refractivity contribution in [3.63, 3.8) is 0 Å². The molecule has 0 saturated carbocycles. The van der Waals surface area contributed by atoms with Crippen LogP contribution in [-0.2, 0) is 19.8 Å². The van der Waals surface area contributed by atoms with Crippen molar-refractivity contribution in [3.05, 3.63) is 130 Å². The molecule has 2 saturated heterocycles. The van der Waals surface area contributed by atoms with Gasteiger partial charge in [-0.15, -0.1) is 0 Å². The molecule has 6 rings (SSSR count). The second kappa shape index (κ2) is 9.38. The van der Waals surface area contributed by atoms with E-state index >= 15 is 0 Å². The maximum absolute atomic E-state index is 14.7. The Hall–Kier alpha value is -5.02. The molecule has 194 valence electrons. The van der Waals surface area contributed by atoms with E-state index in [9.17, 15) is 19.7 Å². The van der Waals surface area contributed by atoms with Crippen LogP contribution >= 0.6 is 0 Å². The van der Waals surface area contributed by atoms with Gasteiger partial charge >= 0.3 is 0 Å². The fourth-order valence-electron chi connectivity index (χ4n) is 5.56. The van der Waals surface area contributed by atoms with Crippen LogP contribution in [0.4, 0.5) is 17.1 Å². The number of anilines is 2. The van der Waals surface area contributed by atoms with Gasteiger partial charge in [0.05, 0.1) is 23.4 Å². The van der Waals surface area contributed by atoms with Crippen molar-refractivity contribution in [1.29, 1.82) is 0 Å². The normalized spacial score (nSPS) is 22.2. The number of ether oxygens (including phenoxy) is 1. The lowest BCUT2D eigenvalue weighted by atomic mass is 9.69. The number of rotatable bonds is 6. The molecular formula is C30H23N3O6. The van der Waals surface area contributed by atoms with Crippen LogP contribution in [0.15, 0.2) is 109 Å². The number of para-hydroxylation sites is 1. The molecule has 0 radical (unpaired) electrons. The Balaban J connectivity index is 1.60. The first-order chi connectivity index (χ1) is 19.0. The van der Waals surface area contributed by atoms with Crippen molar-refractivity contribution >= 4 is 28.9 Å². The monoisotopic (exact) mass is 521 g/mol. The average Bonchev–Trinajstić information content (AvgIpc) is 3.45. The van der Waals surface area contributed by atoms with Gasteiger partial charge < -0.3 is 4.74 Å². The molecule has 2 aliphatic rings. The van der Waals surface area contributed by atoms with Crippen LogP contribution in [0.25, 0.3) is 0 Å². The first kappa shape index (κ1) is 24.3. The Morgan fingerprint density at radius 2 is 1.49 bits per heavy atom. The minimum atomic E-state index is -1.49. The summed E-state index contributed by atoms with van der Waals surface area (Å²) in [4.78, 5) is 47.1. The number of nitro benzene ring substituents is 1. The van der Waals surface area contributed by atoms with Crippen LogP contribution in [0.1, 0.15) is 17.2 Å². The standard InChI is InChI=1S/C30H23N3O6/c1-38-25-17-15-20(16-18-25)26-30(21-9-4-2-5-10-21)27(39-32(26)22-11-6-3-7-12-22)28(34)31(29(30)35)23-13-8-14-24(19-23)33(36)37/h2-19,26-27H,1H3/t26-,27-,30+/m0/s1. The Morgan fingerprint density at radius 1 is 0.846 bits per heavy atom. The average molecular weight is 522 g/mol. The molecule has 2 fully saturated rings. The number of fused-ring (bicyclic) bond motifs is 1. The van der Waals surface area contributed by atoms with Gasteiger partial charge in [-0.25, -0.2) is 9.96 Å². The molecule has 0 unspecified atom stereocenters. The Bertz CT molecular complexity index is 1560. The lowest BCUT2D eigenvalue weighted by Gasteiger charge is -2.35. The highest BCUT2D eigenvalue weighted by atomic mass is 16.7. The summed E-state index contributed by atoms with van der Waals surface area (Å²) in [5.74, 6) is -0.481. The van der Waals surface area contributed by atoms with E-state index in [1.165, 1.54) is 24.3 Å². The predicted molar refractivity (Wildman–Crippen MR) is 143 cm³/mol. The quantitative estimate of drug-likeness (QED) is 0.200. The van der Waals surface area contributed by atoms with E-state index in [1.54, 1.807) is 24.3 Å². The molecule has 9 nitrogen and oxygen atoms in total. The highest BCUT2D eigenvalue weighted by Crippen LogP contribution is 2.57. The van der Waals surface area contributed by atoms with Gasteiger partial charge in [0.2, 0.25) is 5.91 Å². The van der Waals surface area contributed by atoms with Gasteiger partial charge in [-0.3, -0.25) is 24.5 Å². The molecule has 39 heavy (non-hydrogen) atoms. The highest BCUT2D eigenvalue weighted by Gasteiger charge is 2.72. The van der Waals surface area contributed by atoms with E-state index in [-0.39, 0.29) is 11.4 Å². The van der Waals surface area contributed by atoms with E-state index in [0.29, 0.717) is 17.0 Å². The molecular weight excluding hydrogens is 498 g/mol. The molecule has 0 bridgehead atoms. The summed E-state index contributed by atoms with van der Waals surface area (Å²) in [6, 6.07) is 30.4. The van der Waals surface area contributed by atoms with Crippen molar-refractivity contribution in [2.75, 3.05) is 17.1 Å². The van der Waals surface area contributed by atoms with Gasteiger partial charge in [0.15, 0.2) is 6.10 Å². The zero-order valence-electron chi connectivity index (χ0n) is 20.8. The maximum atomic E-state index is 14.7. The van der Waals surface area contributed by atoms with Crippen molar-refractivity contribution in [2.45, 2.75) is 17.6 Å². The molecule has 3 atom stereocenters. The number of nitro groups is 1. The molecule has 0 N–H and O–H groups in total. The van der Waals surface area contributed by atoms with Gasteiger partial charge in [-0.2, -0.15) is 0 Å². The minimum Gasteiger partial charge on any atom is -0.497 e. The van der Waals surface area contributed by atoms with E-state index in [0.717, 1.165) is 10.5 Å². The number of amides is 2. The minimum absolute atomic E-state index is 0.118. The van der Waals surface area contributed by atoms with Crippen LogP contribution in [0.2, 0.25) is 0 Å². The third-order valence-electron chi connectivity index (χ3n) is 7.29. The summed E-state index contributed by atoms with van der Waals surface area (Å²) in [6.45, 7) is 0. The molecule has 4 aromatic rings. The predicted octanol–water partition coefficient (Wildman–Crippen LogP) is 4.98. The number of carbonyl (C=O) groups is 2. The van der Waals surface area contributed by atoms with Gasteiger partial charge in [0, 0.05) is 12.1 Å². The van der Waals surface area contributed by atoms with E-state index < -0.39 is 34.3 Å². The SMILES string of the molecule is COc1ccc([C@@H]2N(c3ccccc3)O[C@H]3C(=O)N(c4cccc([N+](=O)[O-])c4)C(=O)[C@]23c2ccccc2)cc1. The third kappa shape index (κ3) is 3.66. The molecule has 2 aliphatic heterocycles. The fraction of sp³-hybridized carbons (Fsp3) is 0.133. The molecule has 0 spiro atoms. The van der Waals surface area contributed by atoms with Crippen LogP contribution in [0.5, 0.6) is 5.75 Å². The van der Waals surface area contributed by atoms with Crippen LogP contribution in [0, 0.1) is 10.1 Å². The van der Waals surface area contributed by atoms with Crippen LogP contribution in [0.3, 0.4) is 0 Å². The number of hydrogen-bond acceptors (Lipinski definition) is 7. The Morgan fingerprint density at radius 3 is 2.13 bits per heavy atom. The number of hydroxylamine groups is 1. The number of hydrogen-bond donors (Lipinski definition) is 0. The first-order valence-electron chi connectivity index (χ1n) is 12.3. The van der Waals surface area contributed by atoms with Crippen molar-refractivity contribution in [3.8, 4) is 5.75 Å². The molecule has 9 heteroatoms. The molecule has 4 aromatic carbocycles.